The first-order chi connectivity index (χ1) is 8.07. The zero-order valence-corrected chi connectivity index (χ0v) is 10.9. The lowest BCUT2D eigenvalue weighted by Crippen LogP contribution is -2.44. The molecule has 4 nitrogen and oxygen atoms in total. The van der Waals surface area contributed by atoms with Crippen LogP contribution < -0.4 is 11.1 Å². The van der Waals surface area contributed by atoms with Gasteiger partial charge in [0, 0.05) is 6.54 Å². The van der Waals surface area contributed by atoms with Gasteiger partial charge < -0.3 is 15.5 Å². The Kier molecular flexibility index (Phi) is 4.75. The maximum absolute atomic E-state index is 12.1. The highest BCUT2D eigenvalue weighted by Crippen LogP contribution is 2.25. The van der Waals surface area contributed by atoms with Crippen molar-refractivity contribution in [2.75, 3.05) is 6.54 Å². The van der Waals surface area contributed by atoms with Crippen molar-refractivity contribution >= 4 is 5.91 Å². The van der Waals surface area contributed by atoms with E-state index < -0.39 is 5.41 Å². The molecule has 0 saturated heterocycles. The Morgan fingerprint density at radius 2 is 2.06 bits per heavy atom. The average molecular weight is 238 g/mol. The van der Waals surface area contributed by atoms with E-state index in [1.165, 1.54) is 0 Å². The number of nitrogens with two attached hydrogens (primary N) is 1. The Labute approximate surface area is 103 Å². The Balaban J connectivity index is 2.59. The summed E-state index contributed by atoms with van der Waals surface area (Å²) in [7, 11) is 0. The van der Waals surface area contributed by atoms with Gasteiger partial charge in [-0.05, 0) is 31.9 Å². The molecule has 1 aromatic heterocycles. The van der Waals surface area contributed by atoms with Gasteiger partial charge in [-0.2, -0.15) is 0 Å². The van der Waals surface area contributed by atoms with Gasteiger partial charge in [0.05, 0.1) is 12.0 Å². The predicted molar refractivity (Wildman–Crippen MR) is 67.4 cm³/mol. The van der Waals surface area contributed by atoms with Crippen molar-refractivity contribution in [3.63, 3.8) is 0 Å². The van der Waals surface area contributed by atoms with Crippen LogP contribution in [0.3, 0.4) is 0 Å². The average Bonchev–Trinajstić information content (AvgIpc) is 2.75. The monoisotopic (exact) mass is 238 g/mol. The van der Waals surface area contributed by atoms with E-state index in [-0.39, 0.29) is 5.91 Å². The Bertz CT molecular complexity index is 359. The van der Waals surface area contributed by atoms with Gasteiger partial charge in [-0.15, -0.1) is 0 Å². The van der Waals surface area contributed by atoms with Crippen LogP contribution in [-0.2, 0) is 11.3 Å². The molecule has 4 heteroatoms. The summed E-state index contributed by atoms with van der Waals surface area (Å²) in [5.41, 5.74) is 5.28. The lowest BCUT2D eigenvalue weighted by Gasteiger charge is -2.28. The lowest BCUT2D eigenvalue weighted by atomic mass is 9.81. The van der Waals surface area contributed by atoms with Gasteiger partial charge in [0.25, 0.3) is 0 Å². The number of carbonyl (C=O) groups is 1. The largest absolute Gasteiger partial charge is 0.465 e. The van der Waals surface area contributed by atoms with E-state index in [0.717, 1.165) is 24.4 Å². The number of amides is 1. The highest BCUT2D eigenvalue weighted by molar-refractivity contribution is 5.82. The van der Waals surface area contributed by atoms with Crippen LogP contribution in [-0.4, -0.2) is 12.5 Å². The van der Waals surface area contributed by atoms with Crippen LogP contribution in [0.15, 0.2) is 16.5 Å². The van der Waals surface area contributed by atoms with Gasteiger partial charge in [0.1, 0.15) is 11.5 Å². The molecule has 1 heterocycles. The van der Waals surface area contributed by atoms with Crippen LogP contribution in [0.25, 0.3) is 0 Å². The van der Waals surface area contributed by atoms with Crippen molar-refractivity contribution in [3.8, 4) is 0 Å². The highest BCUT2D eigenvalue weighted by Gasteiger charge is 2.33. The molecule has 17 heavy (non-hydrogen) atoms. The number of hydrogen-bond donors (Lipinski definition) is 2. The number of aryl methyl sites for hydroxylation is 1. The second kappa shape index (κ2) is 5.87. The summed E-state index contributed by atoms with van der Waals surface area (Å²) in [5.74, 6) is 1.64. The molecular weight excluding hydrogens is 216 g/mol. The number of rotatable bonds is 6. The summed E-state index contributed by atoms with van der Waals surface area (Å²) >= 11 is 0. The molecule has 0 fully saturated rings. The molecule has 1 amide bonds. The maximum atomic E-state index is 12.1. The molecule has 1 rings (SSSR count). The molecule has 0 aliphatic carbocycles. The molecule has 0 atom stereocenters. The van der Waals surface area contributed by atoms with E-state index >= 15 is 0 Å². The van der Waals surface area contributed by atoms with Crippen LogP contribution in [0.1, 0.15) is 38.2 Å². The van der Waals surface area contributed by atoms with Crippen LogP contribution in [0.4, 0.5) is 0 Å². The molecule has 3 N–H and O–H groups in total. The van der Waals surface area contributed by atoms with E-state index in [1.54, 1.807) is 0 Å². The quantitative estimate of drug-likeness (QED) is 0.796. The number of carbonyl (C=O) groups excluding carboxylic acids is 1. The van der Waals surface area contributed by atoms with Gasteiger partial charge in [-0.3, -0.25) is 4.79 Å². The first-order valence-corrected chi connectivity index (χ1v) is 6.11. The Morgan fingerprint density at radius 1 is 1.41 bits per heavy atom. The molecule has 0 aliphatic rings. The van der Waals surface area contributed by atoms with E-state index in [2.05, 4.69) is 5.32 Å². The van der Waals surface area contributed by atoms with E-state index in [9.17, 15) is 4.79 Å². The normalized spacial score (nSPS) is 11.5. The second-order valence-electron chi connectivity index (χ2n) is 4.39. The number of hydrogen-bond acceptors (Lipinski definition) is 3. The van der Waals surface area contributed by atoms with Crippen LogP contribution in [0.2, 0.25) is 0 Å². The molecule has 0 bridgehead atoms. The minimum Gasteiger partial charge on any atom is -0.465 e. The Hall–Kier alpha value is -1.29. The summed E-state index contributed by atoms with van der Waals surface area (Å²) in [6, 6.07) is 3.76. The topological polar surface area (TPSA) is 68.3 Å². The first-order valence-electron chi connectivity index (χ1n) is 6.11. The third-order valence-corrected chi connectivity index (χ3v) is 3.45. The molecule has 0 aromatic carbocycles. The molecule has 0 aliphatic heterocycles. The van der Waals surface area contributed by atoms with Gasteiger partial charge >= 0.3 is 0 Å². The summed E-state index contributed by atoms with van der Waals surface area (Å²) < 4.78 is 5.40. The van der Waals surface area contributed by atoms with Crippen molar-refractivity contribution in [1.29, 1.82) is 0 Å². The fourth-order valence-corrected chi connectivity index (χ4v) is 1.89. The molecule has 96 valence electrons. The Morgan fingerprint density at radius 3 is 2.47 bits per heavy atom. The SMILES string of the molecule is CCC(CC)(CN)C(=O)NCc1ccc(C)o1. The van der Waals surface area contributed by atoms with Gasteiger partial charge in [0.15, 0.2) is 0 Å². The molecule has 0 spiro atoms. The van der Waals surface area contributed by atoms with E-state index in [1.807, 2.05) is 32.9 Å². The number of furan rings is 1. The van der Waals surface area contributed by atoms with Crippen molar-refractivity contribution < 1.29 is 9.21 Å². The number of nitrogens with one attached hydrogen (secondary N) is 1. The predicted octanol–water partition coefficient (Wildman–Crippen LogP) is 1.97. The van der Waals surface area contributed by atoms with Gasteiger partial charge in [-0.25, -0.2) is 0 Å². The van der Waals surface area contributed by atoms with Gasteiger partial charge in [-0.1, -0.05) is 13.8 Å². The van der Waals surface area contributed by atoms with Crippen molar-refractivity contribution in [2.45, 2.75) is 40.2 Å². The minimum atomic E-state index is -0.443. The smallest absolute Gasteiger partial charge is 0.227 e. The molecule has 0 radical (unpaired) electrons. The fraction of sp³-hybridized carbons (Fsp3) is 0.615. The third kappa shape index (κ3) is 3.09. The summed E-state index contributed by atoms with van der Waals surface area (Å²) in [4.78, 5) is 12.1. The lowest BCUT2D eigenvalue weighted by molar-refractivity contribution is -0.131. The van der Waals surface area contributed by atoms with Crippen molar-refractivity contribution in [3.05, 3.63) is 23.7 Å². The van der Waals surface area contributed by atoms with Crippen molar-refractivity contribution in [2.24, 2.45) is 11.1 Å². The summed E-state index contributed by atoms with van der Waals surface area (Å²) in [5, 5.41) is 2.89. The van der Waals surface area contributed by atoms with Gasteiger partial charge in [0.2, 0.25) is 5.91 Å². The molecular formula is C13H22N2O2. The van der Waals surface area contributed by atoms with E-state index in [0.29, 0.717) is 13.1 Å². The first kappa shape index (κ1) is 13.8. The zero-order valence-electron chi connectivity index (χ0n) is 10.9. The third-order valence-electron chi connectivity index (χ3n) is 3.45. The summed E-state index contributed by atoms with van der Waals surface area (Å²) in [6.45, 7) is 6.67. The van der Waals surface area contributed by atoms with Crippen molar-refractivity contribution in [1.82, 2.24) is 5.32 Å². The molecule has 0 unspecified atom stereocenters. The van der Waals surface area contributed by atoms with Crippen LogP contribution in [0, 0.1) is 12.3 Å². The standard InChI is InChI=1S/C13H22N2O2/c1-4-13(5-2,9-14)12(16)15-8-11-7-6-10(3)17-11/h6-7H,4-5,8-9,14H2,1-3H3,(H,15,16). The van der Waals surface area contributed by atoms with E-state index in [4.69, 9.17) is 10.2 Å². The maximum Gasteiger partial charge on any atom is 0.227 e. The van der Waals surface area contributed by atoms with Crippen LogP contribution >= 0.6 is 0 Å². The summed E-state index contributed by atoms with van der Waals surface area (Å²) in [6.07, 6.45) is 1.51. The molecule has 0 saturated carbocycles. The fourth-order valence-electron chi connectivity index (χ4n) is 1.89. The minimum absolute atomic E-state index is 0.0130. The van der Waals surface area contributed by atoms with Crippen LogP contribution in [0.5, 0.6) is 0 Å². The second-order valence-corrected chi connectivity index (χ2v) is 4.39. The molecule has 1 aromatic rings. The highest BCUT2D eigenvalue weighted by atomic mass is 16.3. The zero-order chi connectivity index (χ0) is 12.9.